The Kier molecular flexibility index (Phi) is 2.83. The highest BCUT2D eigenvalue weighted by Crippen LogP contribution is 2.34. The molecule has 3 saturated heterocycles. The van der Waals surface area contributed by atoms with Gasteiger partial charge in [0.15, 0.2) is 0 Å². The van der Waals surface area contributed by atoms with Crippen LogP contribution in [-0.2, 0) is 13.5 Å². The first kappa shape index (κ1) is 13.5. The van der Waals surface area contributed by atoms with Gasteiger partial charge >= 0.3 is 0 Å². The third-order valence-electron chi connectivity index (χ3n) is 6.05. The lowest BCUT2D eigenvalue weighted by atomic mass is 9.83. The van der Waals surface area contributed by atoms with Crippen LogP contribution >= 0.6 is 0 Å². The fraction of sp³-hybridized carbons (Fsp3) is 0.556. The monoisotopic (exact) mass is 310 g/mol. The van der Waals surface area contributed by atoms with Gasteiger partial charge in [0.1, 0.15) is 0 Å². The number of amides is 1. The second kappa shape index (κ2) is 4.81. The van der Waals surface area contributed by atoms with Crippen molar-refractivity contribution in [3.05, 3.63) is 29.5 Å². The van der Waals surface area contributed by atoms with E-state index >= 15 is 0 Å². The van der Waals surface area contributed by atoms with Crippen molar-refractivity contribution in [3.63, 3.8) is 0 Å². The van der Waals surface area contributed by atoms with Gasteiger partial charge in [-0.25, -0.2) is 0 Å². The molecule has 3 fully saturated rings. The highest BCUT2D eigenvalue weighted by molar-refractivity contribution is 6.08. The van der Waals surface area contributed by atoms with Crippen molar-refractivity contribution in [1.82, 2.24) is 19.6 Å². The van der Waals surface area contributed by atoms with E-state index in [-0.39, 0.29) is 5.91 Å². The number of fused-ring (bicyclic) bond motifs is 3. The van der Waals surface area contributed by atoms with Crippen LogP contribution < -0.4 is 0 Å². The van der Waals surface area contributed by atoms with Crippen molar-refractivity contribution in [2.75, 3.05) is 26.2 Å². The molecular weight excluding hydrogens is 288 g/mol. The Morgan fingerprint density at radius 3 is 2.74 bits per heavy atom. The molecule has 2 bridgehead atoms. The topological polar surface area (TPSA) is 41.4 Å². The maximum atomic E-state index is 13.3. The van der Waals surface area contributed by atoms with Crippen LogP contribution in [0.4, 0.5) is 0 Å². The fourth-order valence-electron chi connectivity index (χ4n) is 4.84. The highest BCUT2D eigenvalue weighted by Gasteiger charge is 2.40. The summed E-state index contributed by atoms with van der Waals surface area (Å²) in [5.41, 5.74) is 3.00. The predicted octanol–water partition coefficient (Wildman–Crippen LogP) is 1.67. The van der Waals surface area contributed by atoms with Gasteiger partial charge in [-0.15, -0.1) is 0 Å². The van der Waals surface area contributed by atoms with E-state index < -0.39 is 0 Å². The second-order valence-corrected chi connectivity index (χ2v) is 7.22. The molecule has 0 aliphatic carbocycles. The summed E-state index contributed by atoms with van der Waals surface area (Å²) in [7, 11) is 1.97. The average molecular weight is 310 g/mol. The van der Waals surface area contributed by atoms with Crippen molar-refractivity contribution >= 4 is 16.8 Å². The van der Waals surface area contributed by atoms with E-state index in [0.717, 1.165) is 41.7 Å². The van der Waals surface area contributed by atoms with Crippen LogP contribution in [-0.4, -0.2) is 57.7 Å². The number of aromatic nitrogens is 2. The SMILES string of the molecule is Cn1nc2c3c(cccc31)C(=O)N([C@@H]1CN3CCC1CC3)CC2. The van der Waals surface area contributed by atoms with Gasteiger partial charge in [-0.05, 0) is 44.0 Å². The van der Waals surface area contributed by atoms with Crippen LogP contribution in [0.1, 0.15) is 28.9 Å². The molecule has 0 spiro atoms. The fourth-order valence-corrected chi connectivity index (χ4v) is 4.84. The molecule has 1 aromatic heterocycles. The molecule has 2 aromatic rings. The molecule has 1 aromatic carbocycles. The van der Waals surface area contributed by atoms with Crippen molar-refractivity contribution in [3.8, 4) is 0 Å². The Labute approximate surface area is 135 Å². The van der Waals surface area contributed by atoms with Crippen LogP contribution in [0.3, 0.4) is 0 Å². The van der Waals surface area contributed by atoms with E-state index in [1.807, 2.05) is 23.9 Å². The summed E-state index contributed by atoms with van der Waals surface area (Å²) in [6.07, 6.45) is 3.35. The molecule has 5 nitrogen and oxygen atoms in total. The molecule has 0 unspecified atom stereocenters. The third kappa shape index (κ3) is 1.89. The summed E-state index contributed by atoms with van der Waals surface area (Å²) in [6.45, 7) is 4.27. The Morgan fingerprint density at radius 1 is 1.17 bits per heavy atom. The number of piperidine rings is 3. The van der Waals surface area contributed by atoms with Crippen LogP contribution in [0, 0.1) is 5.92 Å². The lowest BCUT2D eigenvalue weighted by Gasteiger charge is -2.49. The zero-order valence-electron chi connectivity index (χ0n) is 13.5. The third-order valence-corrected chi connectivity index (χ3v) is 6.05. The zero-order valence-corrected chi connectivity index (χ0v) is 13.5. The Bertz CT molecular complexity index is 788. The number of hydrogen-bond donors (Lipinski definition) is 0. The maximum Gasteiger partial charge on any atom is 0.254 e. The molecule has 4 aliphatic heterocycles. The van der Waals surface area contributed by atoms with Gasteiger partial charge in [-0.2, -0.15) is 5.10 Å². The van der Waals surface area contributed by atoms with Crippen molar-refractivity contribution in [2.24, 2.45) is 13.0 Å². The molecule has 0 N–H and O–H groups in total. The summed E-state index contributed by atoms with van der Waals surface area (Å²) in [4.78, 5) is 18.0. The summed E-state index contributed by atoms with van der Waals surface area (Å²) in [5, 5.41) is 5.74. The average Bonchev–Trinajstić information content (AvgIpc) is 2.85. The summed E-state index contributed by atoms with van der Waals surface area (Å²) in [6, 6.07) is 6.42. The summed E-state index contributed by atoms with van der Waals surface area (Å²) >= 11 is 0. The van der Waals surface area contributed by atoms with Gasteiger partial charge in [-0.3, -0.25) is 9.48 Å². The largest absolute Gasteiger partial charge is 0.334 e. The molecule has 5 heteroatoms. The van der Waals surface area contributed by atoms with Crippen molar-refractivity contribution in [2.45, 2.75) is 25.3 Å². The first-order chi connectivity index (χ1) is 11.2. The molecule has 1 amide bonds. The molecule has 120 valence electrons. The number of hydrogen-bond acceptors (Lipinski definition) is 3. The quantitative estimate of drug-likeness (QED) is 0.804. The van der Waals surface area contributed by atoms with E-state index in [0.29, 0.717) is 12.0 Å². The normalized spacial score (nSPS) is 30.0. The van der Waals surface area contributed by atoms with E-state index in [1.165, 1.54) is 25.9 Å². The standard InChI is InChI=1S/C18H22N4O/c1-20-15-4-2-3-13-17(15)14(19-20)7-10-22(18(13)23)16-11-21-8-5-12(16)6-9-21/h2-4,12,16H,5-11H2,1H3/t16-/m1/s1. The molecule has 5 heterocycles. The van der Waals surface area contributed by atoms with E-state index in [9.17, 15) is 4.79 Å². The smallest absolute Gasteiger partial charge is 0.254 e. The zero-order chi connectivity index (χ0) is 15.6. The number of carbonyl (C=O) groups is 1. The van der Waals surface area contributed by atoms with Gasteiger partial charge in [-0.1, -0.05) is 6.07 Å². The Balaban J connectivity index is 1.58. The molecule has 4 aliphatic rings. The molecule has 1 atom stereocenters. The lowest BCUT2D eigenvalue weighted by molar-refractivity contribution is 0.00820. The van der Waals surface area contributed by atoms with Crippen molar-refractivity contribution < 1.29 is 4.79 Å². The Hall–Kier alpha value is -1.88. The molecule has 0 saturated carbocycles. The summed E-state index contributed by atoms with van der Waals surface area (Å²) in [5.74, 6) is 0.890. The lowest BCUT2D eigenvalue weighted by Crippen LogP contribution is -2.58. The predicted molar refractivity (Wildman–Crippen MR) is 88.4 cm³/mol. The molecular formula is C18H22N4O. The van der Waals surface area contributed by atoms with Crippen LogP contribution in [0.15, 0.2) is 18.2 Å². The minimum atomic E-state index is 0.209. The summed E-state index contributed by atoms with van der Waals surface area (Å²) < 4.78 is 1.91. The number of rotatable bonds is 1. The Morgan fingerprint density at radius 2 is 2.00 bits per heavy atom. The van der Waals surface area contributed by atoms with Crippen LogP contribution in [0.2, 0.25) is 0 Å². The van der Waals surface area contributed by atoms with Gasteiger partial charge in [0.2, 0.25) is 0 Å². The van der Waals surface area contributed by atoms with Gasteiger partial charge < -0.3 is 9.80 Å². The van der Waals surface area contributed by atoms with E-state index in [2.05, 4.69) is 21.0 Å². The first-order valence-electron chi connectivity index (χ1n) is 8.70. The second-order valence-electron chi connectivity index (χ2n) is 7.22. The van der Waals surface area contributed by atoms with Crippen LogP contribution in [0.5, 0.6) is 0 Å². The molecule has 6 rings (SSSR count). The van der Waals surface area contributed by atoms with Gasteiger partial charge in [0.05, 0.1) is 16.8 Å². The molecule has 23 heavy (non-hydrogen) atoms. The number of carbonyl (C=O) groups excluding carboxylic acids is 1. The van der Waals surface area contributed by atoms with E-state index in [4.69, 9.17) is 0 Å². The highest BCUT2D eigenvalue weighted by atomic mass is 16.2. The number of benzene rings is 1. The minimum absolute atomic E-state index is 0.209. The van der Waals surface area contributed by atoms with Gasteiger partial charge in [0, 0.05) is 38.0 Å². The van der Waals surface area contributed by atoms with Crippen LogP contribution in [0.25, 0.3) is 10.9 Å². The number of nitrogens with zero attached hydrogens (tertiary/aromatic N) is 4. The first-order valence-corrected chi connectivity index (χ1v) is 8.70. The van der Waals surface area contributed by atoms with E-state index in [1.54, 1.807) is 0 Å². The van der Waals surface area contributed by atoms with Gasteiger partial charge in [0.25, 0.3) is 5.91 Å². The maximum absolute atomic E-state index is 13.3. The van der Waals surface area contributed by atoms with Crippen molar-refractivity contribution in [1.29, 1.82) is 0 Å². The molecule has 0 radical (unpaired) electrons. The number of aryl methyl sites for hydroxylation is 1. The minimum Gasteiger partial charge on any atom is -0.334 e.